The lowest BCUT2D eigenvalue weighted by Gasteiger charge is -2.28. The Hall–Kier alpha value is -2.78. The molecule has 0 bridgehead atoms. The highest BCUT2D eigenvalue weighted by Crippen LogP contribution is 2.23. The molecule has 7 nitrogen and oxygen atoms in total. The number of carbonyl (C=O) groups excluding carboxylic acids is 1. The molecule has 0 radical (unpaired) electrons. The molecule has 1 amide bonds. The molecule has 2 aromatic heterocycles. The molecule has 0 aliphatic carbocycles. The van der Waals surface area contributed by atoms with E-state index in [9.17, 15) is 13.2 Å². The number of aryl methyl sites for hydroxylation is 1. The Balaban J connectivity index is 1.41. The number of furan rings is 1. The van der Waals surface area contributed by atoms with Gasteiger partial charge in [-0.1, -0.05) is 0 Å². The predicted molar refractivity (Wildman–Crippen MR) is 132 cm³/mol. The van der Waals surface area contributed by atoms with Crippen molar-refractivity contribution in [1.82, 2.24) is 4.90 Å². The Morgan fingerprint density at radius 2 is 1.82 bits per heavy atom. The molecular weight excluding hydrogens is 458 g/mol. The van der Waals surface area contributed by atoms with Gasteiger partial charge in [-0.2, -0.15) is 0 Å². The maximum Gasteiger partial charge on any atom is 0.241 e. The van der Waals surface area contributed by atoms with Gasteiger partial charge in [-0.15, -0.1) is 11.3 Å². The molecule has 1 aromatic carbocycles. The number of sulfonamides is 1. The van der Waals surface area contributed by atoms with E-state index in [-0.39, 0.29) is 6.54 Å². The van der Waals surface area contributed by atoms with Crippen molar-refractivity contribution >= 4 is 38.6 Å². The molecule has 1 aliphatic heterocycles. The molecule has 0 unspecified atom stereocenters. The highest BCUT2D eigenvalue weighted by Gasteiger charge is 2.24. The largest absolute Gasteiger partial charge is 0.467 e. The van der Waals surface area contributed by atoms with Crippen LogP contribution in [0.2, 0.25) is 0 Å². The summed E-state index contributed by atoms with van der Waals surface area (Å²) in [6.07, 6.45) is 5.15. The van der Waals surface area contributed by atoms with Gasteiger partial charge in [-0.3, -0.25) is 9.52 Å². The number of piperidine rings is 1. The molecular formula is C24H29N3O4S2. The number of rotatable bonds is 9. The van der Waals surface area contributed by atoms with Crippen molar-refractivity contribution in [1.29, 1.82) is 0 Å². The van der Waals surface area contributed by atoms with Crippen LogP contribution in [0.1, 0.15) is 34.8 Å². The number of hydrogen-bond donors (Lipinski definition) is 1. The molecule has 1 saturated heterocycles. The number of carbonyl (C=O) groups is 1. The lowest BCUT2D eigenvalue weighted by Crippen LogP contribution is -2.36. The normalized spacial score (nSPS) is 14.3. The van der Waals surface area contributed by atoms with Gasteiger partial charge in [0.1, 0.15) is 11.5 Å². The summed E-state index contributed by atoms with van der Waals surface area (Å²) in [6, 6.07) is 14.8. The third-order valence-electron chi connectivity index (χ3n) is 5.60. The second kappa shape index (κ2) is 10.4. The van der Waals surface area contributed by atoms with E-state index in [1.165, 1.54) is 24.2 Å². The molecule has 33 heavy (non-hydrogen) atoms. The van der Waals surface area contributed by atoms with Gasteiger partial charge in [0.2, 0.25) is 15.9 Å². The number of benzene rings is 1. The van der Waals surface area contributed by atoms with Gasteiger partial charge in [0, 0.05) is 34.2 Å². The molecule has 176 valence electrons. The third-order valence-corrected chi connectivity index (χ3v) is 7.76. The molecule has 1 fully saturated rings. The van der Waals surface area contributed by atoms with Crippen LogP contribution in [0.3, 0.4) is 0 Å². The zero-order chi connectivity index (χ0) is 23.3. The standard InChI is InChI=1S/C24H29N3O4S2/c1-19-7-12-23(32-19)17-27(16-22-6-5-15-31-22)24(28)18-33(29,30)25-20-8-10-21(11-9-20)26-13-3-2-4-14-26/h5-12,15,25H,2-4,13-14,16-18H2,1H3. The topological polar surface area (TPSA) is 82.9 Å². The fourth-order valence-corrected chi connectivity index (χ4v) is 5.92. The second-order valence-corrected chi connectivity index (χ2v) is 11.4. The van der Waals surface area contributed by atoms with Crippen molar-refractivity contribution in [3.63, 3.8) is 0 Å². The van der Waals surface area contributed by atoms with Crippen molar-refractivity contribution in [3.8, 4) is 0 Å². The van der Waals surface area contributed by atoms with Crippen LogP contribution in [-0.2, 0) is 27.9 Å². The summed E-state index contributed by atoms with van der Waals surface area (Å²) >= 11 is 1.59. The average Bonchev–Trinajstić information content (AvgIpc) is 3.45. The minimum absolute atomic E-state index is 0.211. The summed E-state index contributed by atoms with van der Waals surface area (Å²) in [5, 5.41) is 0. The van der Waals surface area contributed by atoms with E-state index < -0.39 is 21.7 Å². The molecule has 3 aromatic rings. The minimum Gasteiger partial charge on any atom is -0.467 e. The molecule has 4 rings (SSSR count). The average molecular weight is 488 g/mol. The molecule has 0 spiro atoms. The minimum atomic E-state index is -3.86. The van der Waals surface area contributed by atoms with Crippen LogP contribution < -0.4 is 9.62 Å². The first-order chi connectivity index (χ1) is 15.9. The lowest BCUT2D eigenvalue weighted by molar-refractivity contribution is -0.129. The molecule has 3 heterocycles. The van der Waals surface area contributed by atoms with Crippen LogP contribution in [0.25, 0.3) is 0 Å². The summed E-state index contributed by atoms with van der Waals surface area (Å²) < 4.78 is 33.5. The van der Waals surface area contributed by atoms with Crippen molar-refractivity contribution in [2.24, 2.45) is 0 Å². The quantitative estimate of drug-likeness (QED) is 0.477. The lowest BCUT2D eigenvalue weighted by atomic mass is 10.1. The summed E-state index contributed by atoms with van der Waals surface area (Å²) in [5.41, 5.74) is 1.54. The van der Waals surface area contributed by atoms with Gasteiger partial charge in [0.05, 0.1) is 19.4 Å². The van der Waals surface area contributed by atoms with E-state index in [4.69, 9.17) is 4.42 Å². The SMILES string of the molecule is Cc1ccc(CN(Cc2ccco2)C(=O)CS(=O)(=O)Nc2ccc(N3CCCCC3)cc2)s1. The third kappa shape index (κ3) is 6.61. The van der Waals surface area contributed by atoms with E-state index in [1.807, 2.05) is 31.2 Å². The molecule has 1 N–H and O–H groups in total. The maximum absolute atomic E-state index is 13.0. The number of anilines is 2. The molecule has 9 heteroatoms. The van der Waals surface area contributed by atoms with Gasteiger partial charge < -0.3 is 14.2 Å². The monoisotopic (exact) mass is 487 g/mol. The summed E-state index contributed by atoms with van der Waals surface area (Å²) in [6.45, 7) is 4.59. The first-order valence-electron chi connectivity index (χ1n) is 11.1. The number of thiophene rings is 1. The van der Waals surface area contributed by atoms with Gasteiger partial charge >= 0.3 is 0 Å². The van der Waals surface area contributed by atoms with Crippen LogP contribution in [0.4, 0.5) is 11.4 Å². The zero-order valence-corrected chi connectivity index (χ0v) is 20.3. The van der Waals surface area contributed by atoms with Crippen LogP contribution in [0, 0.1) is 6.92 Å². The van der Waals surface area contributed by atoms with Gasteiger partial charge in [-0.05, 0) is 74.7 Å². The maximum atomic E-state index is 13.0. The number of nitrogens with one attached hydrogen (secondary N) is 1. The molecule has 0 saturated carbocycles. The first kappa shape index (κ1) is 23.4. The highest BCUT2D eigenvalue weighted by atomic mass is 32.2. The Kier molecular flexibility index (Phi) is 7.39. The van der Waals surface area contributed by atoms with Crippen LogP contribution in [-0.4, -0.2) is 38.1 Å². The Morgan fingerprint density at radius 3 is 2.45 bits per heavy atom. The number of amides is 1. The summed E-state index contributed by atoms with van der Waals surface area (Å²) in [4.78, 5) is 19.0. The van der Waals surface area contributed by atoms with Crippen LogP contribution in [0.15, 0.2) is 59.2 Å². The fraction of sp³-hybridized carbons (Fsp3) is 0.375. The van der Waals surface area contributed by atoms with Crippen molar-refractivity contribution in [3.05, 3.63) is 70.3 Å². The zero-order valence-electron chi connectivity index (χ0n) is 18.7. The predicted octanol–water partition coefficient (Wildman–Crippen LogP) is 4.61. The van der Waals surface area contributed by atoms with Crippen LogP contribution >= 0.6 is 11.3 Å². The van der Waals surface area contributed by atoms with E-state index in [1.54, 1.807) is 41.9 Å². The van der Waals surface area contributed by atoms with Crippen molar-refractivity contribution in [2.75, 3.05) is 28.5 Å². The highest BCUT2D eigenvalue weighted by molar-refractivity contribution is 7.93. The smallest absolute Gasteiger partial charge is 0.241 e. The first-order valence-corrected chi connectivity index (χ1v) is 13.6. The van der Waals surface area contributed by atoms with Crippen LogP contribution in [0.5, 0.6) is 0 Å². The second-order valence-electron chi connectivity index (χ2n) is 8.30. The van der Waals surface area contributed by atoms with Gasteiger partial charge in [0.15, 0.2) is 0 Å². The van der Waals surface area contributed by atoms with E-state index >= 15 is 0 Å². The summed E-state index contributed by atoms with van der Waals surface area (Å²) in [7, 11) is -3.86. The number of nitrogens with zero attached hydrogens (tertiary/aromatic N) is 2. The Labute approximate surface area is 199 Å². The van der Waals surface area contributed by atoms with Crippen molar-refractivity contribution < 1.29 is 17.6 Å². The molecule has 0 atom stereocenters. The van der Waals surface area contributed by atoms with Gasteiger partial charge in [0.25, 0.3) is 0 Å². The van der Waals surface area contributed by atoms with Gasteiger partial charge in [-0.25, -0.2) is 8.42 Å². The summed E-state index contributed by atoms with van der Waals surface area (Å²) in [5.74, 6) is -0.503. The Morgan fingerprint density at radius 1 is 1.06 bits per heavy atom. The molecule has 1 aliphatic rings. The van der Waals surface area contributed by atoms with E-state index in [0.717, 1.165) is 28.5 Å². The van der Waals surface area contributed by atoms with E-state index in [2.05, 4.69) is 9.62 Å². The Bertz CT molecular complexity index is 1150. The van der Waals surface area contributed by atoms with E-state index in [0.29, 0.717) is 18.0 Å². The van der Waals surface area contributed by atoms with Crippen molar-refractivity contribution in [2.45, 2.75) is 39.3 Å². The fourth-order valence-electron chi connectivity index (χ4n) is 3.94. The number of hydrogen-bond acceptors (Lipinski definition) is 6.